The van der Waals surface area contributed by atoms with Crippen LogP contribution in [-0.2, 0) is 20.0 Å². The molecule has 0 aliphatic carbocycles. The van der Waals surface area contributed by atoms with Gasteiger partial charge in [0.05, 0.1) is 0 Å². The average Bonchev–Trinajstić information content (AvgIpc) is 2.84. The van der Waals surface area contributed by atoms with Crippen molar-refractivity contribution in [1.82, 2.24) is 20.1 Å². The lowest BCUT2D eigenvalue weighted by atomic mass is 10.1. The van der Waals surface area contributed by atoms with Crippen LogP contribution in [0, 0.1) is 0 Å². The number of aliphatic hydroxyl groups excluding tert-OH is 1. The van der Waals surface area contributed by atoms with Gasteiger partial charge in [0.25, 0.3) is 5.91 Å². The Bertz CT molecular complexity index is 548. The Morgan fingerprint density at radius 1 is 1.32 bits per heavy atom. The molecule has 6 nitrogen and oxygen atoms in total. The van der Waals surface area contributed by atoms with Crippen LogP contribution in [0.5, 0.6) is 0 Å². The van der Waals surface area contributed by atoms with Crippen molar-refractivity contribution in [1.29, 1.82) is 0 Å². The van der Waals surface area contributed by atoms with Crippen LogP contribution in [0.2, 0.25) is 0 Å². The molecular weight excluding hydrogens is 244 g/mol. The van der Waals surface area contributed by atoms with Crippen molar-refractivity contribution in [3.8, 4) is 0 Å². The minimum absolute atomic E-state index is 0.141. The highest BCUT2D eigenvalue weighted by molar-refractivity contribution is 5.90. The van der Waals surface area contributed by atoms with Crippen LogP contribution in [-0.4, -0.2) is 32.4 Å². The first-order valence-electron chi connectivity index (χ1n) is 6.01. The predicted octanol–water partition coefficient (Wildman–Crippen LogP) is 0.280. The molecule has 1 amide bonds. The van der Waals surface area contributed by atoms with E-state index in [-0.39, 0.29) is 18.3 Å². The van der Waals surface area contributed by atoms with Crippen LogP contribution in [0.25, 0.3) is 0 Å². The van der Waals surface area contributed by atoms with Crippen LogP contribution in [0.4, 0.5) is 0 Å². The Hall–Kier alpha value is -2.21. The van der Waals surface area contributed by atoms with Gasteiger partial charge in [-0.15, -0.1) is 0 Å². The van der Waals surface area contributed by atoms with E-state index in [1.54, 1.807) is 7.05 Å². The van der Waals surface area contributed by atoms with E-state index in [1.165, 1.54) is 11.0 Å². The summed E-state index contributed by atoms with van der Waals surface area (Å²) in [4.78, 5) is 15.7. The predicted molar refractivity (Wildman–Crippen MR) is 69.4 cm³/mol. The zero-order chi connectivity index (χ0) is 13.7. The molecule has 2 N–H and O–H groups in total. The van der Waals surface area contributed by atoms with E-state index in [0.717, 1.165) is 11.1 Å². The van der Waals surface area contributed by atoms with Gasteiger partial charge in [-0.05, 0) is 17.5 Å². The molecule has 0 bridgehead atoms. The molecule has 100 valence electrons. The normalized spacial score (nSPS) is 10.4. The maximum absolute atomic E-state index is 11.8. The number of aliphatic hydroxyl groups is 1. The lowest BCUT2D eigenvalue weighted by Crippen LogP contribution is -2.25. The highest BCUT2D eigenvalue weighted by Gasteiger charge is 2.10. The summed E-state index contributed by atoms with van der Waals surface area (Å²) in [6.45, 7) is 0.577. The molecule has 0 unspecified atom stereocenters. The van der Waals surface area contributed by atoms with Gasteiger partial charge in [0, 0.05) is 20.2 Å². The van der Waals surface area contributed by atoms with E-state index in [4.69, 9.17) is 5.11 Å². The second kappa shape index (κ2) is 6.10. The molecule has 0 atom stereocenters. The number of amides is 1. The summed E-state index contributed by atoms with van der Waals surface area (Å²) in [7, 11) is 1.67. The summed E-state index contributed by atoms with van der Waals surface area (Å²) in [6, 6.07) is 7.75. The van der Waals surface area contributed by atoms with Gasteiger partial charge in [0.2, 0.25) is 5.82 Å². The fourth-order valence-electron chi connectivity index (χ4n) is 1.72. The van der Waals surface area contributed by atoms with Crippen LogP contribution in [0.15, 0.2) is 30.6 Å². The number of nitrogens with zero attached hydrogens (tertiary/aromatic N) is 3. The third-order valence-corrected chi connectivity index (χ3v) is 2.79. The van der Waals surface area contributed by atoms with Gasteiger partial charge < -0.3 is 10.4 Å². The summed E-state index contributed by atoms with van der Waals surface area (Å²) in [5.41, 5.74) is 2.07. The van der Waals surface area contributed by atoms with Gasteiger partial charge in [-0.2, -0.15) is 5.10 Å². The number of aryl methyl sites for hydroxylation is 1. The van der Waals surface area contributed by atoms with Crippen LogP contribution in [0.1, 0.15) is 21.7 Å². The molecule has 1 aromatic heterocycles. The standard InChI is InChI=1S/C13H16N4O2/c1-17-12(15-9-16-17)13(19)14-8-11-4-2-10(3-5-11)6-7-18/h2-5,9,18H,6-8H2,1H3,(H,14,19). The molecule has 2 rings (SSSR count). The molecule has 0 aliphatic rings. The molecule has 0 spiro atoms. The first-order valence-corrected chi connectivity index (χ1v) is 6.01. The summed E-state index contributed by atoms with van der Waals surface area (Å²) in [5, 5.41) is 15.5. The second-order valence-electron chi connectivity index (χ2n) is 4.18. The van der Waals surface area contributed by atoms with E-state index in [9.17, 15) is 4.79 Å². The highest BCUT2D eigenvalue weighted by atomic mass is 16.3. The maximum Gasteiger partial charge on any atom is 0.289 e. The minimum atomic E-state index is -0.251. The summed E-state index contributed by atoms with van der Waals surface area (Å²) in [5.74, 6) is 0.0383. The summed E-state index contributed by atoms with van der Waals surface area (Å²) in [6.07, 6.45) is 1.99. The fourth-order valence-corrected chi connectivity index (χ4v) is 1.72. The Morgan fingerprint density at radius 3 is 2.58 bits per heavy atom. The van der Waals surface area contributed by atoms with Crippen molar-refractivity contribution in [2.45, 2.75) is 13.0 Å². The molecule has 1 aromatic carbocycles. The lowest BCUT2D eigenvalue weighted by Gasteiger charge is -2.05. The summed E-state index contributed by atoms with van der Waals surface area (Å²) >= 11 is 0. The molecule has 0 saturated heterocycles. The maximum atomic E-state index is 11.8. The topological polar surface area (TPSA) is 80.0 Å². The van der Waals surface area contributed by atoms with Gasteiger partial charge in [-0.25, -0.2) is 9.67 Å². The third kappa shape index (κ3) is 3.38. The molecule has 6 heteroatoms. The number of benzene rings is 1. The van der Waals surface area contributed by atoms with Crippen molar-refractivity contribution in [2.75, 3.05) is 6.61 Å². The van der Waals surface area contributed by atoms with Gasteiger partial charge in [0.15, 0.2) is 0 Å². The first kappa shape index (κ1) is 13.2. The van der Waals surface area contributed by atoms with E-state index in [0.29, 0.717) is 13.0 Å². The van der Waals surface area contributed by atoms with Gasteiger partial charge >= 0.3 is 0 Å². The van der Waals surface area contributed by atoms with Gasteiger partial charge in [0.1, 0.15) is 6.33 Å². The smallest absolute Gasteiger partial charge is 0.289 e. The molecule has 19 heavy (non-hydrogen) atoms. The Morgan fingerprint density at radius 2 is 2.00 bits per heavy atom. The number of nitrogens with one attached hydrogen (secondary N) is 1. The van der Waals surface area contributed by atoms with Crippen molar-refractivity contribution in [2.24, 2.45) is 7.05 Å². The monoisotopic (exact) mass is 260 g/mol. The number of rotatable bonds is 5. The quantitative estimate of drug-likeness (QED) is 0.809. The van der Waals surface area contributed by atoms with Crippen LogP contribution in [0.3, 0.4) is 0 Å². The zero-order valence-corrected chi connectivity index (χ0v) is 10.7. The van der Waals surface area contributed by atoms with Crippen molar-refractivity contribution < 1.29 is 9.90 Å². The molecule has 0 aliphatic heterocycles. The Labute approximate surface area is 111 Å². The first-order chi connectivity index (χ1) is 9.20. The fraction of sp³-hybridized carbons (Fsp3) is 0.308. The Balaban J connectivity index is 1.92. The molecule has 1 heterocycles. The van der Waals surface area contributed by atoms with Gasteiger partial charge in [-0.3, -0.25) is 4.79 Å². The van der Waals surface area contributed by atoms with Crippen molar-refractivity contribution in [3.05, 3.63) is 47.5 Å². The second-order valence-corrected chi connectivity index (χ2v) is 4.18. The largest absolute Gasteiger partial charge is 0.396 e. The van der Waals surface area contributed by atoms with E-state index < -0.39 is 0 Å². The van der Waals surface area contributed by atoms with E-state index in [1.807, 2.05) is 24.3 Å². The number of carbonyl (C=O) groups is 1. The molecule has 0 radical (unpaired) electrons. The molecule has 0 fully saturated rings. The molecular formula is C13H16N4O2. The minimum Gasteiger partial charge on any atom is -0.396 e. The SMILES string of the molecule is Cn1ncnc1C(=O)NCc1ccc(CCO)cc1. The number of carbonyl (C=O) groups excluding carboxylic acids is 1. The zero-order valence-electron chi connectivity index (χ0n) is 10.7. The lowest BCUT2D eigenvalue weighted by molar-refractivity contribution is 0.0936. The average molecular weight is 260 g/mol. The van der Waals surface area contributed by atoms with Gasteiger partial charge in [-0.1, -0.05) is 24.3 Å². The van der Waals surface area contributed by atoms with Crippen molar-refractivity contribution in [3.63, 3.8) is 0 Å². The third-order valence-electron chi connectivity index (χ3n) is 2.79. The molecule has 0 saturated carbocycles. The number of aromatic nitrogens is 3. The Kier molecular flexibility index (Phi) is 4.25. The number of hydrogen-bond acceptors (Lipinski definition) is 4. The molecule has 2 aromatic rings. The van der Waals surface area contributed by atoms with Crippen molar-refractivity contribution >= 4 is 5.91 Å². The van der Waals surface area contributed by atoms with E-state index in [2.05, 4.69) is 15.4 Å². The van der Waals surface area contributed by atoms with E-state index >= 15 is 0 Å². The number of hydrogen-bond donors (Lipinski definition) is 2. The van der Waals surface area contributed by atoms with Crippen LogP contribution >= 0.6 is 0 Å². The van der Waals surface area contributed by atoms with Crippen LogP contribution < -0.4 is 5.32 Å². The highest BCUT2D eigenvalue weighted by Crippen LogP contribution is 2.05. The summed E-state index contributed by atoms with van der Waals surface area (Å²) < 4.78 is 1.43.